The quantitative estimate of drug-likeness (QED) is 0.439. The van der Waals surface area contributed by atoms with Crippen LogP contribution in [0, 0.1) is 11.8 Å². The van der Waals surface area contributed by atoms with Gasteiger partial charge in [-0.15, -0.1) is 0 Å². The number of benzene rings is 1. The van der Waals surface area contributed by atoms with Crippen LogP contribution in [0.1, 0.15) is 93.4 Å². The van der Waals surface area contributed by atoms with Gasteiger partial charge in [0.1, 0.15) is 18.4 Å². The zero-order valence-corrected chi connectivity index (χ0v) is 23.7. The largest absolute Gasteiger partial charge is 0.342 e. The molecule has 3 amide bonds. The van der Waals surface area contributed by atoms with Gasteiger partial charge in [-0.25, -0.2) is 4.98 Å². The summed E-state index contributed by atoms with van der Waals surface area (Å²) in [5, 5.41) is 12.3. The number of nitrogens with one attached hydrogen (secondary N) is 3. The number of carbonyl (C=O) groups is 3. The van der Waals surface area contributed by atoms with Crippen LogP contribution in [0.4, 0.5) is 0 Å². The molecule has 0 radical (unpaired) electrons. The molecule has 1 saturated carbocycles. The van der Waals surface area contributed by atoms with Crippen molar-refractivity contribution in [2.24, 2.45) is 11.8 Å². The van der Waals surface area contributed by atoms with E-state index in [1.807, 2.05) is 18.7 Å². The number of rotatable bonds is 9. The fraction of sp³-hybridized carbons (Fsp3) is 0.581. The first kappa shape index (κ1) is 28.1. The van der Waals surface area contributed by atoms with Crippen LogP contribution in [0.2, 0.25) is 0 Å². The molecule has 1 spiro atoms. The van der Waals surface area contributed by atoms with Crippen molar-refractivity contribution in [1.82, 2.24) is 30.7 Å². The number of amides is 3. The molecule has 1 aliphatic heterocycles. The number of piperidine rings is 1. The molecule has 1 aromatic heterocycles. The van der Waals surface area contributed by atoms with Gasteiger partial charge in [0.05, 0.1) is 0 Å². The minimum atomic E-state index is -0.746. The molecular formula is C31H42N6O3. The van der Waals surface area contributed by atoms with Crippen LogP contribution in [0.5, 0.6) is 0 Å². The van der Waals surface area contributed by atoms with Crippen LogP contribution in [0.25, 0.3) is 6.08 Å². The normalized spacial score (nSPS) is 20.5. The number of aromatic amines is 1. The Morgan fingerprint density at radius 3 is 2.55 bits per heavy atom. The molecule has 5 rings (SSSR count). The molecule has 3 aliphatic rings. The van der Waals surface area contributed by atoms with Crippen LogP contribution in [-0.4, -0.2) is 63.0 Å². The molecule has 1 saturated heterocycles. The standard InChI is InChI=1S/C31H42N6O3/c1-3-21(2)26(30(40)37-17-15-31(16-18-37)14-13-23-11-7-8-12-24(23)31)35-28(38)25(19-22-9-5-4-6-10-22)34-29(39)27-32-20-33-36-27/h7-8,11-14,20-22,25-26H,3-6,9-10,15-19H2,1-2H3,(H,34,39)(H,35,38)(H,32,33,36)/t21-,25-,26-/m0/s1. The predicted octanol–water partition coefficient (Wildman–Crippen LogP) is 3.99. The second-order valence-electron chi connectivity index (χ2n) is 11.9. The Morgan fingerprint density at radius 2 is 1.85 bits per heavy atom. The number of H-pyrrole nitrogens is 1. The average molecular weight is 547 g/mol. The van der Waals surface area contributed by atoms with E-state index >= 15 is 0 Å². The van der Waals surface area contributed by atoms with Crippen molar-refractivity contribution in [3.63, 3.8) is 0 Å². The van der Waals surface area contributed by atoms with E-state index in [-0.39, 0.29) is 29.0 Å². The lowest BCUT2D eigenvalue weighted by Crippen LogP contribution is -2.58. The van der Waals surface area contributed by atoms with Crippen LogP contribution < -0.4 is 10.6 Å². The Hall–Kier alpha value is -3.49. The fourth-order valence-electron chi connectivity index (χ4n) is 6.66. The molecule has 3 atom stereocenters. The first-order chi connectivity index (χ1) is 19.4. The van der Waals surface area contributed by atoms with Crippen molar-refractivity contribution in [3.8, 4) is 0 Å². The summed E-state index contributed by atoms with van der Waals surface area (Å²) in [6.07, 6.45) is 14.4. The van der Waals surface area contributed by atoms with E-state index in [9.17, 15) is 14.4 Å². The highest BCUT2D eigenvalue weighted by atomic mass is 16.2. The lowest BCUT2D eigenvalue weighted by molar-refractivity contribution is -0.139. The van der Waals surface area contributed by atoms with Crippen LogP contribution in [0.15, 0.2) is 36.7 Å². The maximum absolute atomic E-state index is 13.9. The van der Waals surface area contributed by atoms with E-state index in [2.05, 4.69) is 62.2 Å². The van der Waals surface area contributed by atoms with Gasteiger partial charge in [0.2, 0.25) is 17.6 Å². The SMILES string of the molecule is CC[C@H](C)[C@H](NC(=O)[C@H](CC1CCCCC1)NC(=O)c1ncn[nH]1)C(=O)N1CCC2(C=Cc3ccccc32)CC1. The molecular weight excluding hydrogens is 504 g/mol. The molecule has 214 valence electrons. The third-order valence-corrected chi connectivity index (χ3v) is 9.37. The number of likely N-dealkylation sites (tertiary alicyclic amines) is 1. The molecule has 40 heavy (non-hydrogen) atoms. The Kier molecular flexibility index (Phi) is 8.66. The second kappa shape index (κ2) is 12.4. The predicted molar refractivity (Wildman–Crippen MR) is 153 cm³/mol. The minimum Gasteiger partial charge on any atom is -0.342 e. The van der Waals surface area contributed by atoms with Gasteiger partial charge < -0.3 is 15.5 Å². The molecule has 0 unspecified atom stereocenters. The third kappa shape index (κ3) is 5.98. The van der Waals surface area contributed by atoms with Gasteiger partial charge >= 0.3 is 0 Å². The summed E-state index contributed by atoms with van der Waals surface area (Å²) in [6.45, 7) is 5.34. The molecule has 9 heteroatoms. The molecule has 0 bridgehead atoms. The number of hydrogen-bond acceptors (Lipinski definition) is 5. The molecule has 9 nitrogen and oxygen atoms in total. The van der Waals surface area contributed by atoms with E-state index in [0.717, 1.165) is 44.9 Å². The smallest absolute Gasteiger partial charge is 0.289 e. The van der Waals surface area contributed by atoms with Crippen LogP contribution in [-0.2, 0) is 15.0 Å². The van der Waals surface area contributed by atoms with Crippen molar-refractivity contribution in [3.05, 3.63) is 53.6 Å². The van der Waals surface area contributed by atoms with E-state index in [1.165, 1.54) is 23.9 Å². The highest BCUT2D eigenvalue weighted by Crippen LogP contribution is 2.43. The summed E-state index contributed by atoms with van der Waals surface area (Å²) < 4.78 is 0. The molecule has 2 fully saturated rings. The van der Waals surface area contributed by atoms with Gasteiger partial charge in [0.15, 0.2) is 0 Å². The summed E-state index contributed by atoms with van der Waals surface area (Å²) in [7, 11) is 0. The zero-order chi connectivity index (χ0) is 28.1. The Morgan fingerprint density at radius 1 is 1.10 bits per heavy atom. The maximum atomic E-state index is 13.9. The van der Waals surface area contributed by atoms with E-state index in [1.54, 1.807) is 0 Å². The van der Waals surface area contributed by atoms with E-state index in [0.29, 0.717) is 25.4 Å². The third-order valence-electron chi connectivity index (χ3n) is 9.37. The first-order valence-corrected chi connectivity index (χ1v) is 14.9. The van der Waals surface area contributed by atoms with Gasteiger partial charge in [-0.05, 0) is 42.2 Å². The van der Waals surface area contributed by atoms with Gasteiger partial charge in [0, 0.05) is 18.5 Å². The zero-order valence-electron chi connectivity index (χ0n) is 23.7. The summed E-state index contributed by atoms with van der Waals surface area (Å²) in [6, 6.07) is 7.12. The molecule has 3 N–H and O–H groups in total. The number of allylic oxidation sites excluding steroid dienone is 1. The molecule has 2 heterocycles. The number of carbonyl (C=O) groups excluding carboxylic acids is 3. The van der Waals surface area contributed by atoms with Gasteiger partial charge in [-0.3, -0.25) is 19.5 Å². The minimum absolute atomic E-state index is 0.0153. The highest BCUT2D eigenvalue weighted by Gasteiger charge is 2.41. The van der Waals surface area contributed by atoms with Crippen molar-refractivity contribution in [2.45, 2.75) is 89.1 Å². The molecule has 2 aliphatic carbocycles. The second-order valence-corrected chi connectivity index (χ2v) is 11.9. The Balaban J connectivity index is 1.27. The maximum Gasteiger partial charge on any atom is 0.289 e. The van der Waals surface area contributed by atoms with Crippen molar-refractivity contribution < 1.29 is 14.4 Å². The monoisotopic (exact) mass is 546 g/mol. The van der Waals surface area contributed by atoms with E-state index < -0.39 is 18.0 Å². The van der Waals surface area contributed by atoms with E-state index in [4.69, 9.17) is 0 Å². The highest BCUT2D eigenvalue weighted by molar-refractivity contribution is 5.96. The number of nitrogens with zero attached hydrogens (tertiary/aromatic N) is 3. The Bertz CT molecular complexity index is 1210. The molecule has 1 aromatic carbocycles. The Labute approximate surface area is 236 Å². The summed E-state index contributed by atoms with van der Waals surface area (Å²) in [4.78, 5) is 46.3. The number of hydrogen-bond donors (Lipinski definition) is 3. The van der Waals surface area contributed by atoms with Gasteiger partial charge in [-0.2, -0.15) is 5.10 Å². The average Bonchev–Trinajstić information content (AvgIpc) is 3.65. The summed E-state index contributed by atoms with van der Waals surface area (Å²) in [5.41, 5.74) is 2.60. The number of aromatic nitrogens is 3. The van der Waals surface area contributed by atoms with Crippen molar-refractivity contribution in [1.29, 1.82) is 0 Å². The van der Waals surface area contributed by atoms with Crippen LogP contribution in [0.3, 0.4) is 0 Å². The lowest BCUT2D eigenvalue weighted by Gasteiger charge is -2.41. The van der Waals surface area contributed by atoms with Gasteiger partial charge in [0.25, 0.3) is 5.91 Å². The van der Waals surface area contributed by atoms with Crippen LogP contribution >= 0.6 is 0 Å². The van der Waals surface area contributed by atoms with Crippen molar-refractivity contribution in [2.75, 3.05) is 13.1 Å². The molecule has 2 aromatic rings. The topological polar surface area (TPSA) is 120 Å². The van der Waals surface area contributed by atoms with Gasteiger partial charge in [-0.1, -0.05) is 88.8 Å². The fourth-order valence-corrected chi connectivity index (χ4v) is 6.66. The first-order valence-electron chi connectivity index (χ1n) is 14.9. The lowest BCUT2D eigenvalue weighted by atomic mass is 9.74. The van der Waals surface area contributed by atoms with Crippen molar-refractivity contribution >= 4 is 23.8 Å². The summed E-state index contributed by atoms with van der Waals surface area (Å²) in [5.74, 6) is -0.423. The number of fused-ring (bicyclic) bond motifs is 2. The summed E-state index contributed by atoms with van der Waals surface area (Å²) >= 11 is 0.